The van der Waals surface area contributed by atoms with E-state index in [4.69, 9.17) is 4.74 Å². The lowest BCUT2D eigenvalue weighted by Crippen LogP contribution is -2.21. The third-order valence-corrected chi connectivity index (χ3v) is 7.07. The van der Waals surface area contributed by atoms with E-state index in [1.165, 1.54) is 28.0 Å². The highest BCUT2D eigenvalue weighted by molar-refractivity contribution is 7.98. The largest absolute Gasteiger partial charge is 0.456 e. The molecule has 0 saturated heterocycles. The maximum absolute atomic E-state index is 12.3. The normalized spacial score (nSPS) is 13.1. The van der Waals surface area contributed by atoms with Crippen molar-refractivity contribution in [3.05, 3.63) is 33.0 Å². The Morgan fingerprint density at radius 3 is 2.58 bits per heavy atom. The van der Waals surface area contributed by atoms with Crippen molar-refractivity contribution in [2.45, 2.75) is 63.9 Å². The number of nitriles is 1. The summed E-state index contributed by atoms with van der Waals surface area (Å²) in [7, 11) is 0. The number of nitrogens with one attached hydrogen (secondary N) is 1. The lowest BCUT2D eigenvalue weighted by Gasteiger charge is -2.10. The third-order valence-electron chi connectivity index (χ3n) is 5.31. The molecule has 1 aliphatic carbocycles. The number of hydrogen-bond donors (Lipinski definition) is 1. The van der Waals surface area contributed by atoms with Crippen LogP contribution in [-0.4, -0.2) is 34.7 Å². The monoisotopic (exact) mass is 458 g/mol. The molecular formula is C22H26N4O3S2. The van der Waals surface area contributed by atoms with Gasteiger partial charge in [0, 0.05) is 22.7 Å². The molecule has 2 aromatic rings. The minimum absolute atomic E-state index is 0.147. The molecule has 1 amide bonds. The number of aryl methyl sites for hydroxylation is 3. The summed E-state index contributed by atoms with van der Waals surface area (Å²) in [5, 5.41) is 13.6. The molecule has 1 aliphatic rings. The molecule has 2 heterocycles. The highest BCUT2D eigenvalue weighted by atomic mass is 32.2. The molecule has 0 aliphatic heterocycles. The smallest absolute Gasteiger partial charge is 0.306 e. The molecule has 7 nitrogen and oxygen atoms in total. The van der Waals surface area contributed by atoms with E-state index in [1.54, 1.807) is 0 Å². The van der Waals surface area contributed by atoms with Crippen molar-refractivity contribution in [1.82, 2.24) is 9.97 Å². The summed E-state index contributed by atoms with van der Waals surface area (Å²) in [4.78, 5) is 34.5. The minimum Gasteiger partial charge on any atom is -0.456 e. The molecule has 0 spiro atoms. The van der Waals surface area contributed by atoms with Crippen molar-refractivity contribution >= 4 is 40.0 Å². The van der Waals surface area contributed by atoms with E-state index in [-0.39, 0.29) is 13.0 Å². The van der Waals surface area contributed by atoms with Crippen LogP contribution in [0.4, 0.5) is 5.00 Å². The quantitative estimate of drug-likeness (QED) is 0.288. The first-order chi connectivity index (χ1) is 14.9. The van der Waals surface area contributed by atoms with E-state index < -0.39 is 11.9 Å². The third kappa shape index (κ3) is 5.83. The Labute approximate surface area is 190 Å². The van der Waals surface area contributed by atoms with E-state index in [9.17, 15) is 14.9 Å². The van der Waals surface area contributed by atoms with Crippen LogP contribution >= 0.6 is 23.1 Å². The lowest BCUT2D eigenvalue weighted by molar-refractivity contribution is -0.147. The maximum atomic E-state index is 12.3. The predicted molar refractivity (Wildman–Crippen MR) is 121 cm³/mol. The van der Waals surface area contributed by atoms with Crippen LogP contribution in [0.5, 0.6) is 0 Å². The number of aromatic nitrogens is 2. The highest BCUT2D eigenvalue weighted by Gasteiger charge is 2.21. The van der Waals surface area contributed by atoms with Crippen LogP contribution in [0.1, 0.15) is 58.6 Å². The summed E-state index contributed by atoms with van der Waals surface area (Å²) in [6.07, 6.45) is 7.68. The van der Waals surface area contributed by atoms with Crippen molar-refractivity contribution in [2.24, 2.45) is 0 Å². The number of rotatable bonds is 7. The van der Waals surface area contributed by atoms with Crippen LogP contribution in [0.25, 0.3) is 0 Å². The fourth-order valence-electron chi connectivity index (χ4n) is 3.72. The Bertz CT molecular complexity index is 1000. The van der Waals surface area contributed by atoms with E-state index in [2.05, 4.69) is 21.4 Å². The molecule has 0 fully saturated rings. The number of thioether (sulfide) groups is 1. The maximum Gasteiger partial charge on any atom is 0.306 e. The van der Waals surface area contributed by atoms with Gasteiger partial charge in [0.25, 0.3) is 5.91 Å². The van der Waals surface area contributed by atoms with Crippen molar-refractivity contribution in [1.29, 1.82) is 5.26 Å². The Morgan fingerprint density at radius 2 is 1.90 bits per heavy atom. The van der Waals surface area contributed by atoms with Crippen LogP contribution in [0.15, 0.2) is 5.16 Å². The van der Waals surface area contributed by atoms with Gasteiger partial charge in [0.2, 0.25) is 0 Å². The fraction of sp³-hybridized carbons (Fsp3) is 0.500. The highest BCUT2D eigenvalue weighted by Crippen LogP contribution is 2.36. The first-order valence-corrected chi connectivity index (χ1v) is 12.3. The Balaban J connectivity index is 1.52. The standard InChI is InChI=1S/C22H26N4O3S2/c1-13-15(14(2)25-22(24-13)30-3)9-10-20(28)29-12-19(27)26-21-17(11-23)16-7-5-4-6-8-18(16)31-21/h4-10,12H2,1-3H3,(H,26,27). The van der Waals surface area contributed by atoms with Crippen LogP contribution < -0.4 is 5.32 Å². The molecule has 0 atom stereocenters. The first kappa shape index (κ1) is 23.2. The second-order valence-corrected chi connectivity index (χ2v) is 9.33. The molecule has 1 N–H and O–H groups in total. The zero-order valence-electron chi connectivity index (χ0n) is 18.0. The zero-order valence-corrected chi connectivity index (χ0v) is 19.7. The molecule has 3 rings (SSSR count). The summed E-state index contributed by atoms with van der Waals surface area (Å²) in [6, 6.07) is 2.23. The molecule has 0 saturated carbocycles. The van der Waals surface area contributed by atoms with Gasteiger partial charge in [-0.2, -0.15) is 5.26 Å². The average Bonchev–Trinajstić information content (AvgIpc) is 2.90. The van der Waals surface area contributed by atoms with E-state index in [1.807, 2.05) is 20.1 Å². The van der Waals surface area contributed by atoms with Crippen LogP contribution in [0.2, 0.25) is 0 Å². The molecule has 9 heteroatoms. The fourth-order valence-corrected chi connectivity index (χ4v) is 5.43. The number of ether oxygens (including phenoxy) is 1. The molecular weight excluding hydrogens is 432 g/mol. The van der Waals surface area contributed by atoms with Gasteiger partial charge in [-0.3, -0.25) is 9.59 Å². The average molecular weight is 459 g/mol. The first-order valence-electron chi connectivity index (χ1n) is 10.3. The van der Waals surface area contributed by atoms with Crippen LogP contribution in [0, 0.1) is 25.2 Å². The van der Waals surface area contributed by atoms with Gasteiger partial charge in [-0.15, -0.1) is 11.3 Å². The van der Waals surface area contributed by atoms with Gasteiger partial charge in [0.1, 0.15) is 11.1 Å². The van der Waals surface area contributed by atoms with Crippen LogP contribution in [-0.2, 0) is 33.6 Å². The molecule has 0 unspecified atom stereocenters. The SMILES string of the molecule is CSc1nc(C)c(CCC(=O)OCC(=O)Nc2sc3c(c2C#N)CCCCC3)c(C)n1. The van der Waals surface area contributed by atoms with Gasteiger partial charge in [-0.25, -0.2) is 9.97 Å². The van der Waals surface area contributed by atoms with Gasteiger partial charge in [0.05, 0.1) is 5.56 Å². The van der Waals surface area contributed by atoms with Gasteiger partial charge < -0.3 is 10.1 Å². The zero-order chi connectivity index (χ0) is 22.4. The summed E-state index contributed by atoms with van der Waals surface area (Å²) in [6.45, 7) is 3.43. The van der Waals surface area contributed by atoms with E-state index in [0.29, 0.717) is 22.1 Å². The van der Waals surface area contributed by atoms with Crippen LogP contribution in [0.3, 0.4) is 0 Å². The van der Waals surface area contributed by atoms with Gasteiger partial charge in [-0.1, -0.05) is 18.2 Å². The summed E-state index contributed by atoms with van der Waals surface area (Å²) in [5.41, 5.74) is 4.25. The van der Waals surface area contributed by atoms with Crippen molar-refractivity contribution in [3.63, 3.8) is 0 Å². The second kappa shape index (κ2) is 10.7. The second-order valence-electron chi connectivity index (χ2n) is 7.45. The topological polar surface area (TPSA) is 105 Å². The number of hydrogen-bond acceptors (Lipinski definition) is 8. The molecule has 0 bridgehead atoms. The Kier molecular flexibility index (Phi) is 8.04. The van der Waals surface area contributed by atoms with Crippen molar-refractivity contribution in [3.8, 4) is 6.07 Å². The number of fused-ring (bicyclic) bond motifs is 1. The molecule has 164 valence electrons. The van der Waals surface area contributed by atoms with Crippen molar-refractivity contribution < 1.29 is 14.3 Å². The number of carbonyl (C=O) groups is 2. The predicted octanol–water partition coefficient (Wildman–Crippen LogP) is 4.13. The van der Waals surface area contributed by atoms with Gasteiger partial charge in [0.15, 0.2) is 11.8 Å². The van der Waals surface area contributed by atoms with E-state index >= 15 is 0 Å². The Morgan fingerprint density at radius 1 is 1.19 bits per heavy atom. The minimum atomic E-state index is -0.453. The number of amides is 1. The molecule has 31 heavy (non-hydrogen) atoms. The van der Waals surface area contributed by atoms with Crippen molar-refractivity contribution in [2.75, 3.05) is 18.2 Å². The lowest BCUT2D eigenvalue weighted by atomic mass is 10.1. The molecule has 0 aromatic carbocycles. The summed E-state index contributed by atoms with van der Waals surface area (Å²) >= 11 is 2.94. The number of carbonyl (C=O) groups excluding carboxylic acids is 2. The number of thiophene rings is 1. The summed E-state index contributed by atoms with van der Waals surface area (Å²) < 4.78 is 5.14. The number of nitrogens with zero attached hydrogens (tertiary/aromatic N) is 3. The van der Waals surface area contributed by atoms with Gasteiger partial charge in [-0.05, 0) is 63.3 Å². The van der Waals surface area contributed by atoms with Gasteiger partial charge >= 0.3 is 5.97 Å². The van der Waals surface area contributed by atoms with E-state index in [0.717, 1.165) is 54.6 Å². The molecule has 2 aromatic heterocycles. The molecule has 0 radical (unpaired) electrons. The Hall–Kier alpha value is -2.44. The number of esters is 1. The summed E-state index contributed by atoms with van der Waals surface area (Å²) in [5.74, 6) is -0.883. The number of anilines is 1.